The fourth-order valence-corrected chi connectivity index (χ4v) is 0.847. The van der Waals surface area contributed by atoms with Crippen LogP contribution in [0.15, 0.2) is 24.3 Å². The molecule has 0 radical (unpaired) electrons. The summed E-state index contributed by atoms with van der Waals surface area (Å²) in [7, 11) is 0. The van der Waals surface area contributed by atoms with E-state index in [2.05, 4.69) is 11.8 Å². The fourth-order valence-electron chi connectivity index (χ4n) is 0.847. The van der Waals surface area contributed by atoms with E-state index in [4.69, 9.17) is 10.00 Å². The van der Waals surface area contributed by atoms with Crippen LogP contribution in [0, 0.1) is 23.2 Å². The maximum absolute atomic E-state index is 8.60. The smallest absolute Gasteiger partial charge is 0.149 e. The first-order chi connectivity index (χ1) is 6.36. The highest BCUT2D eigenvalue weighted by atomic mass is 16.5. The lowest BCUT2D eigenvalue weighted by Crippen LogP contribution is -1.93. The maximum atomic E-state index is 8.60. The van der Waals surface area contributed by atoms with Crippen LogP contribution in [0.2, 0.25) is 0 Å². The SMILES string of the molecule is CC#CCOc1cccc(C#N)c1. The first-order valence-electron chi connectivity index (χ1n) is 3.89. The summed E-state index contributed by atoms with van der Waals surface area (Å²) in [5.41, 5.74) is 0.599. The Kier molecular flexibility index (Phi) is 3.42. The largest absolute Gasteiger partial charge is 0.481 e. The second-order valence-electron chi connectivity index (χ2n) is 2.36. The molecule has 1 rings (SSSR count). The summed E-state index contributed by atoms with van der Waals surface area (Å²) >= 11 is 0. The summed E-state index contributed by atoms with van der Waals surface area (Å²) < 4.78 is 5.26. The number of ether oxygens (including phenoxy) is 1. The van der Waals surface area contributed by atoms with Gasteiger partial charge in [-0.25, -0.2) is 0 Å². The summed E-state index contributed by atoms with van der Waals surface area (Å²) in [4.78, 5) is 0. The molecule has 1 aromatic rings. The van der Waals surface area contributed by atoms with Gasteiger partial charge in [0, 0.05) is 0 Å². The minimum absolute atomic E-state index is 0.366. The average molecular weight is 171 g/mol. The Morgan fingerprint density at radius 1 is 1.46 bits per heavy atom. The molecule has 0 aliphatic rings. The topological polar surface area (TPSA) is 33.0 Å². The van der Waals surface area contributed by atoms with Crippen LogP contribution in [-0.2, 0) is 0 Å². The van der Waals surface area contributed by atoms with Gasteiger partial charge in [0.25, 0.3) is 0 Å². The van der Waals surface area contributed by atoms with Crippen LogP contribution in [0.3, 0.4) is 0 Å². The summed E-state index contributed by atoms with van der Waals surface area (Å²) in [6.45, 7) is 2.13. The quantitative estimate of drug-likeness (QED) is 0.637. The molecule has 13 heavy (non-hydrogen) atoms. The lowest BCUT2D eigenvalue weighted by Gasteiger charge is -2.00. The van der Waals surface area contributed by atoms with Crippen molar-refractivity contribution in [1.82, 2.24) is 0 Å². The summed E-state index contributed by atoms with van der Waals surface area (Å²) in [5, 5.41) is 8.60. The Balaban J connectivity index is 2.66. The van der Waals surface area contributed by atoms with Crippen molar-refractivity contribution in [2.75, 3.05) is 6.61 Å². The van der Waals surface area contributed by atoms with Gasteiger partial charge in [-0.2, -0.15) is 5.26 Å². The molecule has 0 fully saturated rings. The van der Waals surface area contributed by atoms with Gasteiger partial charge in [0.2, 0.25) is 0 Å². The summed E-state index contributed by atoms with van der Waals surface area (Å²) in [5.74, 6) is 6.19. The molecule has 0 bridgehead atoms. The van der Waals surface area contributed by atoms with Crippen LogP contribution in [-0.4, -0.2) is 6.61 Å². The molecule has 0 N–H and O–H groups in total. The van der Waals surface area contributed by atoms with Crippen molar-refractivity contribution < 1.29 is 4.74 Å². The molecule has 0 saturated carbocycles. The number of nitrogens with zero attached hydrogens (tertiary/aromatic N) is 1. The molecule has 2 nitrogen and oxygen atoms in total. The molecular weight excluding hydrogens is 162 g/mol. The lowest BCUT2D eigenvalue weighted by molar-refractivity contribution is 0.370. The monoisotopic (exact) mass is 171 g/mol. The van der Waals surface area contributed by atoms with Gasteiger partial charge in [0.1, 0.15) is 12.4 Å². The van der Waals surface area contributed by atoms with Gasteiger partial charge >= 0.3 is 0 Å². The molecule has 0 aliphatic heterocycles. The minimum atomic E-state index is 0.366. The van der Waals surface area contributed by atoms with Crippen LogP contribution < -0.4 is 4.74 Å². The summed E-state index contributed by atoms with van der Waals surface area (Å²) in [6, 6.07) is 9.06. The molecule has 0 aromatic heterocycles. The molecule has 0 amide bonds. The molecule has 0 spiro atoms. The van der Waals surface area contributed by atoms with Crippen LogP contribution in [0.25, 0.3) is 0 Å². The maximum Gasteiger partial charge on any atom is 0.149 e. The second kappa shape index (κ2) is 4.85. The summed E-state index contributed by atoms with van der Waals surface area (Å²) in [6.07, 6.45) is 0. The van der Waals surface area contributed by atoms with E-state index in [0.717, 1.165) is 0 Å². The fraction of sp³-hybridized carbons (Fsp3) is 0.182. The number of hydrogen-bond acceptors (Lipinski definition) is 2. The van der Waals surface area contributed by atoms with Crippen molar-refractivity contribution in [3.8, 4) is 23.7 Å². The highest BCUT2D eigenvalue weighted by Gasteiger charge is 1.93. The van der Waals surface area contributed by atoms with Crippen molar-refractivity contribution in [3.63, 3.8) is 0 Å². The van der Waals surface area contributed by atoms with Crippen LogP contribution >= 0.6 is 0 Å². The predicted octanol–water partition coefficient (Wildman–Crippen LogP) is 1.96. The first kappa shape index (κ1) is 9.16. The Morgan fingerprint density at radius 2 is 2.31 bits per heavy atom. The van der Waals surface area contributed by atoms with Crippen molar-refractivity contribution in [1.29, 1.82) is 5.26 Å². The molecule has 2 heteroatoms. The van der Waals surface area contributed by atoms with Crippen LogP contribution in [0.4, 0.5) is 0 Å². The van der Waals surface area contributed by atoms with E-state index >= 15 is 0 Å². The van der Waals surface area contributed by atoms with Gasteiger partial charge in [0.05, 0.1) is 11.6 Å². The van der Waals surface area contributed by atoms with E-state index < -0.39 is 0 Å². The number of rotatable bonds is 2. The Hall–Kier alpha value is -1.93. The van der Waals surface area contributed by atoms with E-state index in [1.165, 1.54) is 0 Å². The highest BCUT2D eigenvalue weighted by molar-refractivity contribution is 5.36. The average Bonchev–Trinajstić information content (AvgIpc) is 2.19. The third-order valence-electron chi connectivity index (χ3n) is 1.45. The number of benzene rings is 1. The van der Waals surface area contributed by atoms with Gasteiger partial charge < -0.3 is 4.74 Å². The zero-order valence-corrected chi connectivity index (χ0v) is 7.37. The first-order valence-corrected chi connectivity index (χ1v) is 3.89. The van der Waals surface area contributed by atoms with Crippen molar-refractivity contribution in [3.05, 3.63) is 29.8 Å². The van der Waals surface area contributed by atoms with Crippen molar-refractivity contribution in [2.24, 2.45) is 0 Å². The minimum Gasteiger partial charge on any atom is -0.481 e. The third-order valence-corrected chi connectivity index (χ3v) is 1.45. The zero-order valence-electron chi connectivity index (χ0n) is 7.37. The predicted molar refractivity (Wildman–Crippen MR) is 50.1 cm³/mol. The molecule has 0 unspecified atom stereocenters. The second-order valence-corrected chi connectivity index (χ2v) is 2.36. The third kappa shape index (κ3) is 2.89. The van der Waals surface area contributed by atoms with E-state index in [-0.39, 0.29) is 0 Å². The van der Waals surface area contributed by atoms with Gasteiger partial charge in [-0.1, -0.05) is 12.0 Å². The van der Waals surface area contributed by atoms with E-state index in [9.17, 15) is 0 Å². The number of nitriles is 1. The van der Waals surface area contributed by atoms with E-state index in [1.54, 1.807) is 31.2 Å². The number of hydrogen-bond donors (Lipinski definition) is 0. The molecule has 0 heterocycles. The molecular formula is C11H9NO. The van der Waals surface area contributed by atoms with Crippen LogP contribution in [0.1, 0.15) is 12.5 Å². The van der Waals surface area contributed by atoms with Gasteiger partial charge in [-0.15, -0.1) is 5.92 Å². The standard InChI is InChI=1S/C11H9NO/c1-2-3-7-13-11-6-4-5-10(8-11)9-12/h4-6,8H,7H2,1H3. The Bertz CT molecular complexity index is 379. The van der Waals surface area contributed by atoms with E-state index in [1.807, 2.05) is 6.07 Å². The van der Waals surface area contributed by atoms with Crippen molar-refractivity contribution >= 4 is 0 Å². The van der Waals surface area contributed by atoms with Gasteiger partial charge in [0.15, 0.2) is 0 Å². The zero-order chi connectivity index (χ0) is 9.52. The molecule has 0 saturated heterocycles. The molecule has 0 aliphatic carbocycles. The van der Waals surface area contributed by atoms with Crippen LogP contribution in [0.5, 0.6) is 5.75 Å². The lowest BCUT2D eigenvalue weighted by atomic mass is 10.2. The van der Waals surface area contributed by atoms with Gasteiger partial charge in [-0.05, 0) is 25.1 Å². The van der Waals surface area contributed by atoms with Crippen molar-refractivity contribution in [2.45, 2.75) is 6.92 Å². The molecule has 1 aromatic carbocycles. The Morgan fingerprint density at radius 3 is 3.00 bits per heavy atom. The van der Waals surface area contributed by atoms with E-state index in [0.29, 0.717) is 17.9 Å². The normalized spacial score (nSPS) is 8.00. The highest BCUT2D eigenvalue weighted by Crippen LogP contribution is 2.11. The van der Waals surface area contributed by atoms with Gasteiger partial charge in [-0.3, -0.25) is 0 Å². The molecule has 64 valence electrons. The Labute approximate surface area is 77.8 Å². The molecule has 0 atom stereocenters.